The van der Waals surface area contributed by atoms with Crippen molar-refractivity contribution < 1.29 is 4.79 Å². The predicted octanol–water partition coefficient (Wildman–Crippen LogP) is 2.39. The minimum absolute atomic E-state index is 0.0527. The van der Waals surface area contributed by atoms with Gasteiger partial charge in [0.05, 0.1) is 0 Å². The molecule has 0 fully saturated rings. The number of carbonyl (C=O) groups excluding carboxylic acids is 1. The van der Waals surface area contributed by atoms with E-state index >= 15 is 0 Å². The van der Waals surface area contributed by atoms with Gasteiger partial charge in [-0.15, -0.1) is 11.3 Å². The van der Waals surface area contributed by atoms with E-state index in [-0.39, 0.29) is 5.78 Å². The molecule has 0 aliphatic heterocycles. The summed E-state index contributed by atoms with van der Waals surface area (Å²) in [4.78, 5) is 14.7. The van der Waals surface area contributed by atoms with Crippen LogP contribution < -0.4 is 0 Å². The largest absolute Gasteiger partial charge is 0.292 e. The van der Waals surface area contributed by atoms with E-state index in [4.69, 9.17) is 11.6 Å². The summed E-state index contributed by atoms with van der Waals surface area (Å²) in [5, 5.41) is 2.57. The molecule has 0 bridgehead atoms. The smallest absolute Gasteiger partial charge is 0.191 e. The summed E-state index contributed by atoms with van der Waals surface area (Å²) in [6, 6.07) is 0. The fourth-order valence-corrected chi connectivity index (χ4v) is 1.49. The summed E-state index contributed by atoms with van der Waals surface area (Å²) < 4.78 is 0. The van der Waals surface area contributed by atoms with Crippen LogP contribution in [0.25, 0.3) is 0 Å². The Bertz CT molecular complexity index is 246. The maximum absolute atomic E-state index is 10.9. The second kappa shape index (κ2) is 3.12. The molecule has 1 aromatic rings. The summed E-state index contributed by atoms with van der Waals surface area (Å²) in [5.74, 6) is 0.0527. The van der Waals surface area contributed by atoms with E-state index in [1.807, 2.05) is 0 Å². The molecule has 4 heteroatoms. The fourth-order valence-electron chi connectivity index (χ4n) is 0.533. The highest BCUT2D eigenvalue weighted by molar-refractivity contribution is 7.12. The maximum atomic E-state index is 10.9. The predicted molar refractivity (Wildman–Crippen MR) is 41.7 cm³/mol. The van der Waals surface area contributed by atoms with Gasteiger partial charge in [0, 0.05) is 11.8 Å². The number of aromatic nitrogens is 1. The molecule has 2 nitrogen and oxygen atoms in total. The van der Waals surface area contributed by atoms with Crippen LogP contribution in [0.15, 0.2) is 5.38 Å². The molecule has 0 saturated carbocycles. The Kier molecular flexibility index (Phi) is 2.40. The molecule has 0 atom stereocenters. The summed E-state index contributed by atoms with van der Waals surface area (Å²) >= 11 is 6.80. The number of hydrogen-bond donors (Lipinski definition) is 0. The van der Waals surface area contributed by atoms with Crippen LogP contribution in [0.2, 0.25) is 5.15 Å². The summed E-state index contributed by atoms with van der Waals surface area (Å²) in [6.45, 7) is 1.80. The zero-order valence-electron chi connectivity index (χ0n) is 5.43. The van der Waals surface area contributed by atoms with Crippen molar-refractivity contribution in [3.05, 3.63) is 15.5 Å². The molecule has 1 rings (SSSR count). The highest BCUT2D eigenvalue weighted by atomic mass is 35.5. The Morgan fingerprint density at radius 1 is 1.90 bits per heavy atom. The molecule has 0 aliphatic rings. The first kappa shape index (κ1) is 7.69. The molecule has 0 amide bonds. The Labute approximate surface area is 67.9 Å². The number of rotatable bonds is 2. The number of nitrogens with zero attached hydrogens (tertiary/aromatic N) is 1. The zero-order chi connectivity index (χ0) is 7.56. The minimum atomic E-state index is 0.0527. The molecule has 10 heavy (non-hydrogen) atoms. The Hall–Kier alpha value is -0.410. The number of Topliss-reactive ketones (excluding diaryl/α,β-unsaturated/α-hetero) is 1. The summed E-state index contributed by atoms with van der Waals surface area (Å²) in [5.41, 5.74) is 0. The van der Waals surface area contributed by atoms with Crippen LogP contribution >= 0.6 is 22.9 Å². The molecule has 0 spiro atoms. The molecule has 1 aromatic heterocycles. The Morgan fingerprint density at radius 2 is 2.60 bits per heavy atom. The highest BCUT2D eigenvalue weighted by Crippen LogP contribution is 2.15. The Morgan fingerprint density at radius 3 is 3.00 bits per heavy atom. The van der Waals surface area contributed by atoms with E-state index in [1.54, 1.807) is 12.3 Å². The van der Waals surface area contributed by atoms with Crippen molar-refractivity contribution in [2.45, 2.75) is 13.3 Å². The molecular formula is C6H6ClNOS. The number of hydrogen-bond acceptors (Lipinski definition) is 3. The lowest BCUT2D eigenvalue weighted by molar-refractivity contribution is 0.0988. The van der Waals surface area contributed by atoms with Crippen LogP contribution in [-0.4, -0.2) is 10.8 Å². The molecule has 54 valence electrons. The van der Waals surface area contributed by atoms with Gasteiger partial charge in [0.2, 0.25) is 0 Å². The van der Waals surface area contributed by atoms with Gasteiger partial charge >= 0.3 is 0 Å². The molecule has 0 N–H and O–H groups in total. The number of halogens is 1. The van der Waals surface area contributed by atoms with Crippen LogP contribution in [0.3, 0.4) is 0 Å². The van der Waals surface area contributed by atoms with Gasteiger partial charge in [0.15, 0.2) is 10.8 Å². The first-order valence-electron chi connectivity index (χ1n) is 2.88. The third kappa shape index (κ3) is 1.55. The number of carbonyl (C=O) groups is 1. The lowest BCUT2D eigenvalue weighted by atomic mass is 10.3. The van der Waals surface area contributed by atoms with Gasteiger partial charge in [0.1, 0.15) is 5.15 Å². The van der Waals surface area contributed by atoms with Gasteiger partial charge < -0.3 is 0 Å². The molecule has 0 aliphatic carbocycles. The van der Waals surface area contributed by atoms with Crippen molar-refractivity contribution in [3.8, 4) is 0 Å². The SMILES string of the molecule is CCC(=O)c1nc(Cl)cs1. The van der Waals surface area contributed by atoms with E-state index in [1.165, 1.54) is 11.3 Å². The Balaban J connectivity index is 2.85. The van der Waals surface area contributed by atoms with Gasteiger partial charge in [0.25, 0.3) is 0 Å². The molecule has 0 unspecified atom stereocenters. The highest BCUT2D eigenvalue weighted by Gasteiger charge is 2.06. The van der Waals surface area contributed by atoms with Crippen molar-refractivity contribution in [1.82, 2.24) is 4.98 Å². The van der Waals surface area contributed by atoms with Crippen molar-refractivity contribution in [3.63, 3.8) is 0 Å². The van der Waals surface area contributed by atoms with Crippen molar-refractivity contribution >= 4 is 28.7 Å². The average molecular weight is 176 g/mol. The van der Waals surface area contributed by atoms with Gasteiger partial charge in [-0.25, -0.2) is 4.98 Å². The third-order valence-electron chi connectivity index (χ3n) is 1.04. The summed E-state index contributed by atoms with van der Waals surface area (Å²) in [6.07, 6.45) is 0.490. The van der Waals surface area contributed by atoms with Crippen LogP contribution in [0.4, 0.5) is 0 Å². The first-order valence-corrected chi connectivity index (χ1v) is 4.14. The monoisotopic (exact) mass is 175 g/mol. The number of ketones is 1. The topological polar surface area (TPSA) is 30.0 Å². The average Bonchev–Trinajstić information content (AvgIpc) is 2.34. The van der Waals surface area contributed by atoms with Crippen molar-refractivity contribution in [2.24, 2.45) is 0 Å². The van der Waals surface area contributed by atoms with Crippen LogP contribution in [0, 0.1) is 0 Å². The summed E-state index contributed by atoms with van der Waals surface area (Å²) in [7, 11) is 0. The van der Waals surface area contributed by atoms with Crippen molar-refractivity contribution in [2.75, 3.05) is 0 Å². The molecule has 0 aromatic carbocycles. The van der Waals surface area contributed by atoms with Gasteiger partial charge in [-0.3, -0.25) is 4.79 Å². The lowest BCUT2D eigenvalue weighted by Crippen LogP contribution is -1.93. The first-order chi connectivity index (χ1) is 4.74. The van der Waals surface area contributed by atoms with Gasteiger partial charge in [-0.05, 0) is 0 Å². The standard InChI is InChI=1S/C6H6ClNOS/c1-2-4(9)6-8-5(7)3-10-6/h3H,2H2,1H3. The van der Waals surface area contributed by atoms with E-state index in [0.29, 0.717) is 16.6 Å². The zero-order valence-corrected chi connectivity index (χ0v) is 7.00. The third-order valence-corrected chi connectivity index (χ3v) is 2.24. The second-order valence-corrected chi connectivity index (χ2v) is 3.00. The molecule has 0 radical (unpaired) electrons. The van der Waals surface area contributed by atoms with E-state index in [9.17, 15) is 4.79 Å². The minimum Gasteiger partial charge on any atom is -0.292 e. The van der Waals surface area contributed by atoms with E-state index in [0.717, 1.165) is 0 Å². The quantitative estimate of drug-likeness (QED) is 0.646. The fraction of sp³-hybridized carbons (Fsp3) is 0.333. The van der Waals surface area contributed by atoms with E-state index in [2.05, 4.69) is 4.98 Å². The lowest BCUT2D eigenvalue weighted by Gasteiger charge is -1.85. The molecule has 1 heterocycles. The number of thiazole rings is 1. The van der Waals surface area contributed by atoms with Gasteiger partial charge in [-0.1, -0.05) is 18.5 Å². The molecular weight excluding hydrogens is 170 g/mol. The second-order valence-electron chi connectivity index (χ2n) is 1.75. The van der Waals surface area contributed by atoms with Crippen molar-refractivity contribution in [1.29, 1.82) is 0 Å². The maximum Gasteiger partial charge on any atom is 0.191 e. The van der Waals surface area contributed by atoms with Crippen LogP contribution in [0.1, 0.15) is 23.1 Å². The van der Waals surface area contributed by atoms with Crippen LogP contribution in [0.5, 0.6) is 0 Å². The van der Waals surface area contributed by atoms with E-state index < -0.39 is 0 Å². The van der Waals surface area contributed by atoms with Gasteiger partial charge in [-0.2, -0.15) is 0 Å². The van der Waals surface area contributed by atoms with Crippen LogP contribution in [-0.2, 0) is 0 Å². The molecule has 0 saturated heterocycles. The normalized spacial score (nSPS) is 9.80.